The van der Waals surface area contributed by atoms with E-state index >= 15 is 0 Å². The summed E-state index contributed by atoms with van der Waals surface area (Å²) in [6, 6.07) is 1.92. The van der Waals surface area contributed by atoms with Crippen molar-refractivity contribution < 1.29 is 0 Å². The summed E-state index contributed by atoms with van der Waals surface area (Å²) in [7, 11) is 0. The van der Waals surface area contributed by atoms with Gasteiger partial charge < -0.3 is 5.73 Å². The smallest absolute Gasteiger partial charge is 0.159 e. The van der Waals surface area contributed by atoms with Crippen molar-refractivity contribution in [2.45, 2.75) is 33.2 Å². The van der Waals surface area contributed by atoms with Crippen LogP contribution in [-0.2, 0) is 6.42 Å². The van der Waals surface area contributed by atoms with Gasteiger partial charge in [0, 0.05) is 41.5 Å². The van der Waals surface area contributed by atoms with E-state index in [1.807, 2.05) is 32.3 Å². The van der Waals surface area contributed by atoms with Gasteiger partial charge in [-0.15, -0.1) is 0 Å². The van der Waals surface area contributed by atoms with Crippen molar-refractivity contribution in [3.05, 3.63) is 41.5 Å². The largest absolute Gasteiger partial charge is 0.324 e. The molecule has 2 heterocycles. The lowest BCUT2D eigenvalue weighted by Crippen LogP contribution is -2.09. The highest BCUT2D eigenvalue weighted by atomic mass is 14.9. The first kappa shape index (κ1) is 12.6. The van der Waals surface area contributed by atoms with Gasteiger partial charge in [-0.3, -0.25) is 4.98 Å². The monoisotopic (exact) mass is 242 g/mol. The zero-order chi connectivity index (χ0) is 13.1. The third-order valence-electron chi connectivity index (χ3n) is 3.03. The maximum Gasteiger partial charge on any atom is 0.159 e. The standard InChI is InChI=1S/C14H18N4/c1-4-11-7-16-6-5-12(11)14-17-8-13(9(2)15)10(3)18-14/h5-9H,4,15H2,1-3H3. The van der Waals surface area contributed by atoms with Crippen molar-refractivity contribution in [2.75, 3.05) is 0 Å². The number of aryl methyl sites for hydroxylation is 2. The van der Waals surface area contributed by atoms with Crippen LogP contribution in [0.25, 0.3) is 11.4 Å². The van der Waals surface area contributed by atoms with Crippen molar-refractivity contribution in [1.82, 2.24) is 15.0 Å². The van der Waals surface area contributed by atoms with E-state index < -0.39 is 0 Å². The number of pyridine rings is 1. The third-order valence-corrected chi connectivity index (χ3v) is 3.03. The molecule has 0 saturated heterocycles. The highest BCUT2D eigenvalue weighted by molar-refractivity contribution is 5.59. The van der Waals surface area contributed by atoms with Gasteiger partial charge in [0.2, 0.25) is 0 Å². The SMILES string of the molecule is CCc1cnccc1-c1ncc(C(C)N)c(C)n1. The van der Waals surface area contributed by atoms with E-state index in [0.29, 0.717) is 0 Å². The fourth-order valence-corrected chi connectivity index (χ4v) is 1.98. The summed E-state index contributed by atoms with van der Waals surface area (Å²) in [5.41, 5.74) is 10.0. The molecule has 0 saturated carbocycles. The van der Waals surface area contributed by atoms with E-state index in [-0.39, 0.29) is 6.04 Å². The lowest BCUT2D eigenvalue weighted by molar-refractivity contribution is 0.790. The van der Waals surface area contributed by atoms with Crippen LogP contribution in [0.15, 0.2) is 24.7 Å². The van der Waals surface area contributed by atoms with E-state index in [1.165, 1.54) is 0 Å². The Morgan fingerprint density at radius 3 is 2.72 bits per heavy atom. The average Bonchev–Trinajstić information content (AvgIpc) is 2.38. The quantitative estimate of drug-likeness (QED) is 0.897. The van der Waals surface area contributed by atoms with Crippen molar-refractivity contribution in [1.29, 1.82) is 0 Å². The molecule has 0 radical (unpaired) electrons. The number of hydrogen-bond donors (Lipinski definition) is 1. The van der Waals surface area contributed by atoms with Crippen molar-refractivity contribution in [2.24, 2.45) is 5.73 Å². The van der Waals surface area contributed by atoms with Crippen molar-refractivity contribution in [3.8, 4) is 11.4 Å². The fourth-order valence-electron chi connectivity index (χ4n) is 1.98. The van der Waals surface area contributed by atoms with Crippen LogP contribution in [0.3, 0.4) is 0 Å². The summed E-state index contributed by atoms with van der Waals surface area (Å²) in [6.07, 6.45) is 6.38. The molecule has 2 aromatic rings. The molecule has 2 aromatic heterocycles. The highest BCUT2D eigenvalue weighted by Gasteiger charge is 2.10. The summed E-state index contributed by atoms with van der Waals surface area (Å²) < 4.78 is 0. The minimum absolute atomic E-state index is 0.0397. The molecular formula is C14H18N4. The molecular weight excluding hydrogens is 224 g/mol. The molecule has 0 amide bonds. The normalized spacial score (nSPS) is 12.4. The molecule has 0 aliphatic heterocycles. The Morgan fingerprint density at radius 1 is 1.33 bits per heavy atom. The molecule has 1 unspecified atom stereocenters. The Balaban J connectivity index is 2.49. The van der Waals surface area contributed by atoms with Crippen molar-refractivity contribution in [3.63, 3.8) is 0 Å². The van der Waals surface area contributed by atoms with Gasteiger partial charge in [0.25, 0.3) is 0 Å². The zero-order valence-electron chi connectivity index (χ0n) is 11.0. The molecule has 0 bridgehead atoms. The molecule has 0 aromatic carbocycles. The Kier molecular flexibility index (Phi) is 3.67. The lowest BCUT2D eigenvalue weighted by atomic mass is 10.1. The maximum absolute atomic E-state index is 5.87. The fraction of sp³-hybridized carbons (Fsp3) is 0.357. The molecule has 94 valence electrons. The molecule has 18 heavy (non-hydrogen) atoms. The summed E-state index contributed by atoms with van der Waals surface area (Å²) in [4.78, 5) is 13.1. The van der Waals surface area contributed by atoms with Crippen LogP contribution >= 0.6 is 0 Å². The van der Waals surface area contributed by atoms with Crippen molar-refractivity contribution >= 4 is 0 Å². The first-order valence-corrected chi connectivity index (χ1v) is 6.15. The third kappa shape index (κ3) is 2.38. The van der Waals surface area contributed by atoms with Gasteiger partial charge in [-0.1, -0.05) is 6.92 Å². The van der Waals surface area contributed by atoms with E-state index in [1.54, 1.807) is 6.20 Å². The maximum atomic E-state index is 5.87. The number of hydrogen-bond acceptors (Lipinski definition) is 4. The second-order valence-corrected chi connectivity index (χ2v) is 4.41. The molecule has 4 heteroatoms. The highest BCUT2D eigenvalue weighted by Crippen LogP contribution is 2.21. The molecule has 0 aliphatic carbocycles. The van der Waals surface area contributed by atoms with Gasteiger partial charge in [0.1, 0.15) is 0 Å². The van der Waals surface area contributed by atoms with Gasteiger partial charge in [-0.25, -0.2) is 9.97 Å². The summed E-state index contributed by atoms with van der Waals surface area (Å²) >= 11 is 0. The Labute approximate surface area is 107 Å². The topological polar surface area (TPSA) is 64.7 Å². The van der Waals surface area contributed by atoms with Crippen LogP contribution < -0.4 is 5.73 Å². The van der Waals surface area contributed by atoms with E-state index in [0.717, 1.165) is 34.6 Å². The van der Waals surface area contributed by atoms with E-state index in [9.17, 15) is 0 Å². The Morgan fingerprint density at radius 2 is 2.11 bits per heavy atom. The predicted molar refractivity (Wildman–Crippen MR) is 72.0 cm³/mol. The van der Waals surface area contributed by atoms with Gasteiger partial charge in [-0.05, 0) is 31.9 Å². The van der Waals surface area contributed by atoms with Crippen LogP contribution in [0.5, 0.6) is 0 Å². The predicted octanol–water partition coefficient (Wildman–Crippen LogP) is 2.43. The van der Waals surface area contributed by atoms with E-state index in [4.69, 9.17) is 5.73 Å². The van der Waals surface area contributed by atoms with Crippen LogP contribution in [0, 0.1) is 6.92 Å². The second kappa shape index (κ2) is 5.23. The van der Waals surface area contributed by atoms with Crippen LogP contribution in [0.2, 0.25) is 0 Å². The molecule has 1 atom stereocenters. The average molecular weight is 242 g/mol. The van der Waals surface area contributed by atoms with Gasteiger partial charge in [0.05, 0.1) is 0 Å². The molecule has 0 aliphatic rings. The van der Waals surface area contributed by atoms with Gasteiger partial charge in [-0.2, -0.15) is 0 Å². The van der Waals surface area contributed by atoms with Crippen LogP contribution in [-0.4, -0.2) is 15.0 Å². The number of nitrogens with two attached hydrogens (primary N) is 1. The Hall–Kier alpha value is -1.81. The number of aromatic nitrogens is 3. The second-order valence-electron chi connectivity index (χ2n) is 4.41. The lowest BCUT2D eigenvalue weighted by Gasteiger charge is -2.11. The van der Waals surface area contributed by atoms with Gasteiger partial charge in [0.15, 0.2) is 5.82 Å². The zero-order valence-corrected chi connectivity index (χ0v) is 11.0. The summed E-state index contributed by atoms with van der Waals surface area (Å²) in [6.45, 7) is 6.01. The summed E-state index contributed by atoms with van der Waals surface area (Å²) in [5, 5.41) is 0. The van der Waals surface area contributed by atoms with Crippen LogP contribution in [0.1, 0.15) is 36.7 Å². The first-order valence-electron chi connectivity index (χ1n) is 6.15. The van der Waals surface area contributed by atoms with Gasteiger partial charge >= 0.3 is 0 Å². The number of nitrogens with zero attached hydrogens (tertiary/aromatic N) is 3. The molecule has 2 rings (SSSR count). The minimum atomic E-state index is -0.0397. The molecule has 4 nitrogen and oxygen atoms in total. The first-order chi connectivity index (χ1) is 8.63. The Bertz CT molecular complexity index is 549. The molecule has 2 N–H and O–H groups in total. The minimum Gasteiger partial charge on any atom is -0.324 e. The van der Waals surface area contributed by atoms with E-state index in [2.05, 4.69) is 21.9 Å². The number of rotatable bonds is 3. The molecule has 0 spiro atoms. The van der Waals surface area contributed by atoms with Crippen LogP contribution in [0.4, 0.5) is 0 Å². The molecule has 0 fully saturated rings. The summed E-state index contributed by atoms with van der Waals surface area (Å²) in [5.74, 6) is 0.746.